The molecule has 6 rings (SSSR count). The Bertz CT molecular complexity index is 2180. The Morgan fingerprint density at radius 2 is 0.938 bits per heavy atom. The fourth-order valence-corrected chi connectivity index (χ4v) is 7.32. The topological polar surface area (TPSA) is 143 Å². The molecular weight excluding hydrogens is 872 g/mol. The van der Waals surface area contributed by atoms with Crippen molar-refractivity contribution in [1.82, 2.24) is 24.9 Å². The summed E-state index contributed by atoms with van der Waals surface area (Å²) in [5.74, 6) is -2.93. The van der Waals surface area contributed by atoms with Gasteiger partial charge in [-0.1, -0.05) is 85.6 Å². The zero-order chi connectivity index (χ0) is 46.4. The first-order valence-corrected chi connectivity index (χ1v) is 21.7. The second-order valence-electron chi connectivity index (χ2n) is 15.2. The van der Waals surface area contributed by atoms with Gasteiger partial charge >= 0.3 is 24.1 Å². The first-order chi connectivity index (χ1) is 30.6. The van der Waals surface area contributed by atoms with E-state index in [1.807, 2.05) is 29.2 Å². The lowest BCUT2D eigenvalue weighted by Gasteiger charge is -2.37. The number of hydrogen-bond acceptors (Lipinski definition) is 8. The van der Waals surface area contributed by atoms with Crippen LogP contribution in [0.5, 0.6) is 0 Å². The summed E-state index contributed by atoms with van der Waals surface area (Å²) >= 11 is 12.1. The number of ketones is 2. The van der Waals surface area contributed by atoms with E-state index in [0.717, 1.165) is 56.1 Å². The molecule has 0 spiro atoms. The van der Waals surface area contributed by atoms with Crippen LogP contribution >= 0.6 is 23.2 Å². The molecule has 342 valence electrons. The van der Waals surface area contributed by atoms with Crippen LogP contribution in [0.25, 0.3) is 0 Å². The Balaban J connectivity index is 0.000000245. The summed E-state index contributed by atoms with van der Waals surface area (Å²) in [5.41, 5.74) is 9.27. The summed E-state index contributed by atoms with van der Waals surface area (Å²) in [6.45, 7) is 11.9. The van der Waals surface area contributed by atoms with E-state index in [1.54, 1.807) is 80.7 Å². The lowest BCUT2D eigenvalue weighted by molar-refractivity contribution is -0.173. The molecule has 0 atom stereocenters. The Hall–Kier alpha value is -5.52. The summed E-state index contributed by atoms with van der Waals surface area (Å²) in [6, 6.07) is 27.4. The number of urea groups is 2. The average molecular weight is 926 g/mol. The van der Waals surface area contributed by atoms with Crippen LogP contribution in [0.4, 0.5) is 34.1 Å². The fraction of sp³-hybridized carbons (Fsp3) is 0.370. The number of amides is 5. The maximum absolute atomic E-state index is 13.4. The van der Waals surface area contributed by atoms with E-state index < -0.39 is 24.4 Å². The number of nitrogens with zero attached hydrogens (tertiary/aromatic N) is 6. The first-order valence-electron chi connectivity index (χ1n) is 21.0. The van der Waals surface area contributed by atoms with Crippen LogP contribution < -0.4 is 20.9 Å². The van der Waals surface area contributed by atoms with Crippen molar-refractivity contribution in [3.8, 4) is 0 Å². The number of Topliss-reactive ketones (excluding diaryl/α,β-unsaturated/α-hetero) is 2. The molecule has 2 fully saturated rings. The number of anilines is 2. The van der Waals surface area contributed by atoms with Crippen molar-refractivity contribution in [3.05, 3.63) is 129 Å². The summed E-state index contributed by atoms with van der Waals surface area (Å²) in [6.07, 6.45) is -5.05. The molecular formula is C46H53Cl2F3N8O5. The number of alkyl halides is 3. The van der Waals surface area contributed by atoms with Gasteiger partial charge in [0.2, 0.25) is 0 Å². The number of carbonyl (C=O) groups excluding carboxylic acids is 5. The minimum absolute atomic E-state index is 0.0154. The van der Waals surface area contributed by atoms with Crippen molar-refractivity contribution in [1.29, 1.82) is 0 Å². The van der Waals surface area contributed by atoms with Crippen molar-refractivity contribution in [2.24, 2.45) is 5.73 Å². The molecule has 18 heteroatoms. The Morgan fingerprint density at radius 1 is 0.578 bits per heavy atom. The molecule has 2 aliphatic rings. The maximum Gasteiger partial charge on any atom is 0.471 e. The largest absolute Gasteiger partial charge is 0.471 e. The van der Waals surface area contributed by atoms with Gasteiger partial charge in [0.1, 0.15) is 0 Å². The number of nitrogens with one attached hydrogen (secondary N) is 1. The molecule has 4 aromatic carbocycles. The van der Waals surface area contributed by atoms with Gasteiger partial charge in [-0.3, -0.25) is 24.2 Å². The maximum atomic E-state index is 13.4. The Morgan fingerprint density at radius 3 is 1.27 bits per heavy atom. The van der Waals surface area contributed by atoms with Crippen LogP contribution in [0.15, 0.2) is 97.1 Å². The fourth-order valence-electron chi connectivity index (χ4n) is 7.07. The monoisotopic (exact) mass is 924 g/mol. The summed E-state index contributed by atoms with van der Waals surface area (Å²) in [7, 11) is 0. The van der Waals surface area contributed by atoms with E-state index in [9.17, 15) is 37.1 Å². The highest BCUT2D eigenvalue weighted by Gasteiger charge is 2.38. The SMILES string of the molecule is CCN1CCN(C(=O)N(Cc2ccc(C(=O)CN)cc2)c2ccc(Cl)cc2)CC1.CCN1CCN(C(=O)N(Cc2ccc(C(=O)CNC(=O)C(F)(F)F)cc2)c2ccc(Cl)cc2)CC1. The highest BCUT2D eigenvalue weighted by molar-refractivity contribution is 6.31. The molecule has 0 aromatic heterocycles. The van der Waals surface area contributed by atoms with Crippen LogP contribution in [0.2, 0.25) is 10.0 Å². The van der Waals surface area contributed by atoms with Gasteiger partial charge in [0.05, 0.1) is 26.2 Å². The van der Waals surface area contributed by atoms with Crippen LogP contribution in [-0.2, 0) is 17.9 Å². The predicted molar refractivity (Wildman–Crippen MR) is 243 cm³/mol. The Labute approximate surface area is 381 Å². The molecule has 3 N–H and O–H groups in total. The first kappa shape index (κ1) is 49.5. The summed E-state index contributed by atoms with van der Waals surface area (Å²) < 4.78 is 36.9. The van der Waals surface area contributed by atoms with Crippen LogP contribution in [-0.4, -0.2) is 134 Å². The minimum atomic E-state index is -5.05. The Kier molecular flexibility index (Phi) is 18.1. The van der Waals surface area contributed by atoms with Crippen LogP contribution in [0.3, 0.4) is 0 Å². The quantitative estimate of drug-likeness (QED) is 0.134. The van der Waals surface area contributed by atoms with E-state index in [1.165, 1.54) is 12.1 Å². The average Bonchev–Trinajstić information content (AvgIpc) is 3.32. The molecule has 0 saturated carbocycles. The minimum Gasteiger partial charge on any atom is -0.341 e. The number of carbonyl (C=O) groups is 5. The molecule has 0 unspecified atom stereocenters. The predicted octanol–water partition coefficient (Wildman–Crippen LogP) is 7.21. The lowest BCUT2D eigenvalue weighted by atomic mass is 10.1. The van der Waals surface area contributed by atoms with E-state index in [2.05, 4.69) is 23.6 Å². The number of rotatable bonds is 13. The standard InChI is InChI=1S/C24H26ClF3N4O3.C22H27ClN4O2/c1-2-30-11-13-31(14-12-30)23(35)32(20-9-7-19(25)8-10-20)16-17-3-5-18(6-4-17)21(33)15-29-22(34)24(26,27)28;1-2-25-11-13-26(14-12-25)22(29)27(20-9-7-19(23)8-10-20)16-17-3-5-18(6-4-17)21(28)15-24/h3-10H,2,11-16H2,1H3,(H,29,34);3-10H,2,11-16,24H2,1H3. The molecule has 0 radical (unpaired) electrons. The van der Waals surface area contributed by atoms with Crippen molar-refractivity contribution >= 4 is 64.1 Å². The third kappa shape index (κ3) is 14.0. The van der Waals surface area contributed by atoms with E-state index >= 15 is 0 Å². The summed E-state index contributed by atoms with van der Waals surface area (Å²) in [5, 5.41) is 2.73. The molecule has 13 nitrogen and oxygen atoms in total. The number of nitrogens with two attached hydrogens (primary N) is 1. The molecule has 2 heterocycles. The van der Waals surface area contributed by atoms with Crippen molar-refractivity contribution in [2.45, 2.75) is 33.1 Å². The molecule has 0 bridgehead atoms. The molecule has 2 saturated heterocycles. The second-order valence-corrected chi connectivity index (χ2v) is 16.0. The van der Waals surface area contributed by atoms with Crippen molar-refractivity contribution < 1.29 is 37.1 Å². The highest BCUT2D eigenvalue weighted by atomic mass is 35.5. The van der Waals surface area contributed by atoms with Gasteiger partial charge in [-0.25, -0.2) is 9.59 Å². The third-order valence-electron chi connectivity index (χ3n) is 11.0. The van der Waals surface area contributed by atoms with Crippen LogP contribution in [0.1, 0.15) is 45.7 Å². The van der Waals surface area contributed by atoms with Gasteiger partial charge < -0.3 is 30.7 Å². The number of piperazine rings is 2. The lowest BCUT2D eigenvalue weighted by Crippen LogP contribution is -2.52. The zero-order valence-corrected chi connectivity index (χ0v) is 37.3. The van der Waals surface area contributed by atoms with Crippen LogP contribution in [0, 0.1) is 0 Å². The number of halogens is 5. The molecule has 5 amide bonds. The van der Waals surface area contributed by atoms with Crippen molar-refractivity contribution in [2.75, 3.05) is 88.3 Å². The molecule has 64 heavy (non-hydrogen) atoms. The molecule has 2 aliphatic heterocycles. The number of benzene rings is 4. The van der Waals surface area contributed by atoms with Crippen molar-refractivity contribution in [3.63, 3.8) is 0 Å². The van der Waals surface area contributed by atoms with E-state index in [-0.39, 0.29) is 36.5 Å². The van der Waals surface area contributed by atoms with Gasteiger partial charge in [0.25, 0.3) is 0 Å². The second kappa shape index (κ2) is 23.4. The zero-order valence-electron chi connectivity index (χ0n) is 35.8. The summed E-state index contributed by atoms with van der Waals surface area (Å²) in [4.78, 5) is 73.2. The number of likely N-dealkylation sites (N-methyl/N-ethyl adjacent to an activating group) is 2. The van der Waals surface area contributed by atoms with Gasteiger partial charge in [-0.2, -0.15) is 13.2 Å². The highest BCUT2D eigenvalue weighted by Crippen LogP contribution is 2.25. The van der Waals surface area contributed by atoms with Gasteiger partial charge in [-0.15, -0.1) is 0 Å². The molecule has 0 aliphatic carbocycles. The van der Waals surface area contributed by atoms with Gasteiger partial charge in [0, 0.05) is 84.9 Å². The van der Waals surface area contributed by atoms with Gasteiger partial charge in [-0.05, 0) is 72.7 Å². The number of hydrogen-bond donors (Lipinski definition) is 2. The normalized spacial score (nSPS) is 14.6. The third-order valence-corrected chi connectivity index (χ3v) is 11.5. The van der Waals surface area contributed by atoms with Gasteiger partial charge in [0.15, 0.2) is 11.6 Å². The smallest absolute Gasteiger partial charge is 0.341 e. The van der Waals surface area contributed by atoms with E-state index in [0.29, 0.717) is 54.0 Å². The van der Waals surface area contributed by atoms with E-state index in [4.69, 9.17) is 28.9 Å². The molecule has 4 aromatic rings.